The second-order valence-electron chi connectivity index (χ2n) is 9.45. The zero-order chi connectivity index (χ0) is 23.9. The lowest BCUT2D eigenvalue weighted by Crippen LogP contribution is -2.61. The van der Waals surface area contributed by atoms with Gasteiger partial charge in [0.25, 0.3) is 5.88 Å². The number of ether oxygens (including phenoxy) is 4. The first-order chi connectivity index (χ1) is 16.3. The first kappa shape index (κ1) is 22.6. The third-order valence-electron chi connectivity index (χ3n) is 6.61. The Labute approximate surface area is 197 Å². The van der Waals surface area contributed by atoms with Crippen LogP contribution in [0.2, 0.25) is 0 Å². The van der Waals surface area contributed by atoms with Crippen molar-refractivity contribution in [2.45, 2.75) is 63.3 Å². The summed E-state index contributed by atoms with van der Waals surface area (Å²) in [6, 6.07) is 4.61. The van der Waals surface area contributed by atoms with Crippen molar-refractivity contribution in [1.82, 2.24) is 14.9 Å². The van der Waals surface area contributed by atoms with E-state index < -0.39 is 5.82 Å². The summed E-state index contributed by atoms with van der Waals surface area (Å²) in [4.78, 5) is 23.1. The Balaban J connectivity index is 1.31. The maximum absolute atomic E-state index is 14.4. The lowest BCUT2D eigenvalue weighted by atomic mass is 9.92. The lowest BCUT2D eigenvalue weighted by molar-refractivity contribution is -0.0957. The molecule has 10 heteroatoms. The minimum Gasteiger partial charge on any atom is -0.489 e. The van der Waals surface area contributed by atoms with Gasteiger partial charge in [0.05, 0.1) is 38.1 Å². The number of nitrogens with zero attached hydrogens (tertiary/aromatic N) is 3. The molecular formula is C24H29FN4O5. The predicted molar refractivity (Wildman–Crippen MR) is 121 cm³/mol. The number of aryl methyl sites for hydroxylation is 1. The normalized spacial score (nSPS) is 24.8. The average molecular weight is 473 g/mol. The Morgan fingerprint density at radius 3 is 2.62 bits per heavy atom. The lowest BCUT2D eigenvalue weighted by Gasteiger charge is -2.47. The molecule has 1 aliphatic carbocycles. The molecule has 2 aliphatic heterocycles. The minimum absolute atomic E-state index is 0.139. The molecule has 1 amide bonds. The summed E-state index contributed by atoms with van der Waals surface area (Å²) in [5.74, 6) is 0.457. The zero-order valence-corrected chi connectivity index (χ0v) is 19.5. The fourth-order valence-corrected chi connectivity index (χ4v) is 4.52. The number of aromatic nitrogens is 2. The van der Waals surface area contributed by atoms with Gasteiger partial charge in [-0.05, 0) is 44.4 Å². The van der Waals surface area contributed by atoms with Crippen LogP contribution in [0, 0.1) is 12.7 Å². The van der Waals surface area contributed by atoms with Gasteiger partial charge in [-0.3, -0.25) is 4.90 Å². The summed E-state index contributed by atoms with van der Waals surface area (Å²) in [5, 5.41) is 2.97. The molecule has 1 aromatic heterocycles. The summed E-state index contributed by atoms with van der Waals surface area (Å²) in [7, 11) is 1.49. The highest BCUT2D eigenvalue weighted by Gasteiger charge is 2.48. The molecule has 34 heavy (non-hydrogen) atoms. The van der Waals surface area contributed by atoms with E-state index in [2.05, 4.69) is 15.3 Å². The largest absolute Gasteiger partial charge is 0.489 e. The minimum atomic E-state index is -0.393. The second kappa shape index (κ2) is 8.90. The maximum atomic E-state index is 14.4. The van der Waals surface area contributed by atoms with Crippen molar-refractivity contribution in [1.29, 1.82) is 0 Å². The van der Waals surface area contributed by atoms with Gasteiger partial charge in [-0.2, -0.15) is 4.98 Å². The topological polar surface area (TPSA) is 95.0 Å². The van der Waals surface area contributed by atoms with Crippen LogP contribution in [0.15, 0.2) is 24.5 Å². The van der Waals surface area contributed by atoms with Crippen LogP contribution in [-0.2, 0) is 9.47 Å². The predicted octanol–water partition coefficient (Wildman–Crippen LogP) is 3.98. The number of nitrogens with one attached hydrogen (secondary N) is 1. The van der Waals surface area contributed by atoms with Crippen LogP contribution in [0.4, 0.5) is 20.7 Å². The van der Waals surface area contributed by atoms with E-state index in [1.807, 2.05) is 18.7 Å². The fraction of sp³-hybridized carbons (Fsp3) is 0.542. The van der Waals surface area contributed by atoms with E-state index in [1.54, 1.807) is 12.1 Å². The van der Waals surface area contributed by atoms with Gasteiger partial charge in [-0.1, -0.05) is 6.07 Å². The molecule has 0 spiro atoms. The third-order valence-corrected chi connectivity index (χ3v) is 6.61. The number of hydrogen-bond acceptors (Lipinski definition) is 8. The van der Waals surface area contributed by atoms with E-state index in [9.17, 15) is 9.18 Å². The molecule has 1 N–H and O–H groups in total. The molecule has 5 rings (SSSR count). The molecule has 9 nitrogen and oxygen atoms in total. The first-order valence-electron chi connectivity index (χ1n) is 11.5. The van der Waals surface area contributed by atoms with Crippen LogP contribution in [-0.4, -0.2) is 65.1 Å². The van der Waals surface area contributed by atoms with E-state index in [-0.39, 0.29) is 47.2 Å². The average Bonchev–Trinajstić information content (AvgIpc) is 3.51. The zero-order valence-electron chi connectivity index (χ0n) is 19.5. The Hall–Kier alpha value is -3.14. The number of carbonyl (C=O) groups is 1. The molecule has 0 radical (unpaired) electrons. The highest BCUT2D eigenvalue weighted by atomic mass is 19.1. The Morgan fingerprint density at radius 1 is 1.24 bits per heavy atom. The molecule has 2 unspecified atom stereocenters. The second-order valence-corrected chi connectivity index (χ2v) is 9.45. The summed E-state index contributed by atoms with van der Waals surface area (Å²) >= 11 is 0. The molecule has 3 fully saturated rings. The Morgan fingerprint density at radius 2 is 1.97 bits per heavy atom. The number of morpholine rings is 1. The molecular weight excluding hydrogens is 443 g/mol. The van der Waals surface area contributed by atoms with Gasteiger partial charge in [0.2, 0.25) is 5.75 Å². The van der Waals surface area contributed by atoms with Crippen LogP contribution in [0.25, 0.3) is 0 Å². The molecule has 3 aliphatic rings. The Bertz CT molecular complexity index is 1070. The van der Waals surface area contributed by atoms with Gasteiger partial charge in [0, 0.05) is 12.8 Å². The molecule has 2 atom stereocenters. The van der Waals surface area contributed by atoms with Crippen molar-refractivity contribution in [3.05, 3.63) is 35.9 Å². The summed E-state index contributed by atoms with van der Waals surface area (Å²) in [5.41, 5.74) is 0.767. The van der Waals surface area contributed by atoms with Gasteiger partial charge < -0.3 is 24.3 Å². The van der Waals surface area contributed by atoms with E-state index in [4.69, 9.17) is 18.9 Å². The Kier molecular flexibility index (Phi) is 5.93. The quantitative estimate of drug-likeness (QED) is 0.675. The number of rotatable bonds is 6. The number of halogens is 1. The van der Waals surface area contributed by atoms with Gasteiger partial charge in [-0.15, -0.1) is 0 Å². The van der Waals surface area contributed by atoms with Gasteiger partial charge in [0.15, 0.2) is 5.82 Å². The molecule has 182 valence electrons. The van der Waals surface area contributed by atoms with E-state index >= 15 is 0 Å². The number of benzene rings is 1. The van der Waals surface area contributed by atoms with Crippen molar-refractivity contribution in [2.24, 2.45) is 0 Å². The fourth-order valence-electron chi connectivity index (χ4n) is 4.52. The molecule has 2 aromatic rings. The van der Waals surface area contributed by atoms with Gasteiger partial charge >= 0.3 is 6.09 Å². The molecule has 1 aromatic carbocycles. The maximum Gasteiger partial charge on any atom is 0.410 e. The monoisotopic (exact) mass is 472 g/mol. The molecule has 2 bridgehead atoms. The number of piperidine rings is 1. The van der Waals surface area contributed by atoms with Crippen molar-refractivity contribution in [3.63, 3.8) is 0 Å². The van der Waals surface area contributed by atoms with Crippen LogP contribution in [0.5, 0.6) is 11.6 Å². The van der Waals surface area contributed by atoms with Crippen molar-refractivity contribution >= 4 is 17.6 Å². The summed E-state index contributed by atoms with van der Waals surface area (Å²) < 4.78 is 37.5. The SMILES string of the molecule is COc1c(Nc2ccc(C)cc2F)ncnc1OC1CC2COCC(C1)N2C(=O)OC1(C)CC1. The van der Waals surface area contributed by atoms with Crippen molar-refractivity contribution < 1.29 is 28.1 Å². The standard InChI is InChI=1S/C24H29FN4O5/c1-14-4-5-19(18(25)8-14)28-21-20(31-3)22(27-13-26-21)33-17-9-15-11-32-12-16(10-17)29(15)23(30)34-24(2)6-7-24/h4-5,8,13,15-17H,6-7,9-12H2,1-3H3,(H,26,27,28). The number of amides is 1. The molecule has 1 saturated carbocycles. The van der Waals surface area contributed by atoms with Crippen LogP contribution >= 0.6 is 0 Å². The number of fused-ring (bicyclic) bond motifs is 2. The van der Waals surface area contributed by atoms with Gasteiger partial charge in [-0.25, -0.2) is 14.2 Å². The van der Waals surface area contributed by atoms with Gasteiger partial charge in [0.1, 0.15) is 23.8 Å². The third kappa shape index (κ3) is 4.59. The number of anilines is 2. The number of methoxy groups -OCH3 is 1. The van der Waals surface area contributed by atoms with E-state index in [0.29, 0.717) is 31.9 Å². The first-order valence-corrected chi connectivity index (χ1v) is 11.5. The van der Waals surface area contributed by atoms with E-state index in [1.165, 1.54) is 19.5 Å². The van der Waals surface area contributed by atoms with Crippen LogP contribution < -0.4 is 14.8 Å². The highest BCUT2D eigenvalue weighted by molar-refractivity contribution is 5.70. The number of carbonyl (C=O) groups excluding carboxylic acids is 1. The molecule has 3 heterocycles. The number of hydrogen-bond donors (Lipinski definition) is 1. The van der Waals surface area contributed by atoms with Crippen molar-refractivity contribution in [3.8, 4) is 11.6 Å². The highest BCUT2D eigenvalue weighted by Crippen LogP contribution is 2.41. The van der Waals surface area contributed by atoms with Crippen LogP contribution in [0.3, 0.4) is 0 Å². The van der Waals surface area contributed by atoms with Crippen LogP contribution in [0.1, 0.15) is 38.2 Å². The van der Waals surface area contributed by atoms with Crippen molar-refractivity contribution in [2.75, 3.05) is 25.6 Å². The molecule has 2 saturated heterocycles. The van der Waals surface area contributed by atoms with E-state index in [0.717, 1.165) is 18.4 Å². The smallest absolute Gasteiger partial charge is 0.410 e. The summed E-state index contributed by atoms with van der Waals surface area (Å²) in [6.07, 6.45) is 3.82. The summed E-state index contributed by atoms with van der Waals surface area (Å²) in [6.45, 7) is 4.65.